The molecule has 0 aliphatic heterocycles. The molecule has 0 bridgehead atoms. The Kier molecular flexibility index (Phi) is 10.9. The van der Waals surface area contributed by atoms with Gasteiger partial charge in [0.15, 0.2) is 5.84 Å². The number of rotatable bonds is 7. The van der Waals surface area contributed by atoms with Crippen molar-refractivity contribution in [1.82, 2.24) is 4.57 Å². The lowest BCUT2D eigenvalue weighted by Gasteiger charge is -2.32. The molecule has 1 aromatic heterocycles. The molecule has 9 aromatic rings. The SMILES string of the molecule is C#C/C(=C\C=C/C)c1c(C)cccc1/C(N=C(C)c1ccccc1)=N/C(=C)n1c2ccccc2c2ccc3c(c21)C(C)(C)c1c-3ccc(-c2ccc3c(c2C)-c2ccccc2C32C3=CCCC=C3c3ccccc32)c1C. The third-order valence-corrected chi connectivity index (χ3v) is 17.1. The minimum atomic E-state index is -0.403. The van der Waals surface area contributed by atoms with Crippen molar-refractivity contribution in [2.24, 2.45) is 9.98 Å². The van der Waals surface area contributed by atoms with Crippen LogP contribution in [0.1, 0.15) is 107 Å². The number of benzene rings is 8. The molecule has 8 aromatic carbocycles. The van der Waals surface area contributed by atoms with Crippen molar-refractivity contribution in [3.63, 3.8) is 0 Å². The Morgan fingerprint density at radius 3 is 2.08 bits per heavy atom. The number of aryl methyl sites for hydroxylation is 1. The summed E-state index contributed by atoms with van der Waals surface area (Å²) in [6.45, 7) is 20.5. The van der Waals surface area contributed by atoms with E-state index in [9.17, 15) is 0 Å². The fourth-order valence-corrected chi connectivity index (χ4v) is 14.1. The van der Waals surface area contributed by atoms with Crippen LogP contribution in [0.15, 0.2) is 210 Å². The van der Waals surface area contributed by atoms with Crippen LogP contribution in [0.5, 0.6) is 0 Å². The van der Waals surface area contributed by atoms with Gasteiger partial charge in [-0.15, -0.1) is 6.42 Å². The Hall–Kier alpha value is -8.84. The average Bonchev–Trinajstić information content (AvgIpc) is 4.34. The molecule has 4 aliphatic carbocycles. The number of para-hydroxylation sites is 1. The van der Waals surface area contributed by atoms with Crippen LogP contribution in [0.25, 0.3) is 72.2 Å². The summed E-state index contributed by atoms with van der Waals surface area (Å²) in [6.07, 6.45) is 19.4. The van der Waals surface area contributed by atoms with E-state index in [1.165, 1.54) is 89.0 Å². The van der Waals surface area contributed by atoms with E-state index in [0.29, 0.717) is 11.7 Å². The Balaban J connectivity index is 0.989. The van der Waals surface area contributed by atoms with E-state index >= 15 is 0 Å². The number of fused-ring (bicyclic) bond motifs is 17. The van der Waals surface area contributed by atoms with Crippen LogP contribution >= 0.6 is 0 Å². The maximum Gasteiger partial charge on any atom is 0.162 e. The molecule has 4 aliphatic rings. The van der Waals surface area contributed by atoms with Gasteiger partial charge in [-0.3, -0.25) is 4.57 Å². The molecular weight excluding hydrogens is 919 g/mol. The lowest BCUT2D eigenvalue weighted by Crippen LogP contribution is -2.26. The second-order valence-electron chi connectivity index (χ2n) is 21.5. The third-order valence-electron chi connectivity index (χ3n) is 17.1. The first-order chi connectivity index (χ1) is 37.0. The molecule has 13 rings (SSSR count). The standard InChI is InChI=1S/C73H59N3/c1-10-12-26-49(11-2)66-44(3)25-24-33-60(66)71(74-47(6)50-27-14-13-15-28-50)75-48(7)76-65-37-23-19-31-55(65)58-41-40-57-56-39-38-52(46(5)68(56)72(8,9)69(57)70(58)76)51-42-43-64-67(45(51)4)59-32-18-22-36-63(59)73(64)61-34-20-16-29-53(61)54-30-17-21-35-62(54)73/h2,10,12-16,18-20,22-43H,7,17,21H2,1,3-6,8-9H3/b12-10-,49-26+,74-47?,75-71-. The van der Waals surface area contributed by atoms with Crippen LogP contribution in [0, 0.1) is 33.1 Å². The largest absolute Gasteiger partial charge is 0.294 e. The van der Waals surface area contributed by atoms with Gasteiger partial charge in [-0.05, 0) is 160 Å². The predicted octanol–water partition coefficient (Wildman–Crippen LogP) is 18.1. The maximum atomic E-state index is 6.29. The Labute approximate surface area is 447 Å². The van der Waals surface area contributed by atoms with Crippen molar-refractivity contribution in [2.75, 3.05) is 0 Å². The van der Waals surface area contributed by atoms with Crippen molar-refractivity contribution in [1.29, 1.82) is 0 Å². The first-order valence-electron chi connectivity index (χ1n) is 26.8. The van der Waals surface area contributed by atoms with Crippen molar-refractivity contribution < 1.29 is 0 Å². The van der Waals surface area contributed by atoms with Crippen LogP contribution in [-0.2, 0) is 10.8 Å². The van der Waals surface area contributed by atoms with Crippen molar-refractivity contribution in [3.8, 4) is 45.7 Å². The maximum absolute atomic E-state index is 6.29. The molecule has 1 heterocycles. The monoisotopic (exact) mass is 977 g/mol. The quantitative estimate of drug-likeness (QED) is 0.0659. The molecule has 1 atom stereocenters. The summed E-state index contributed by atoms with van der Waals surface area (Å²) < 4.78 is 2.29. The van der Waals surface area contributed by atoms with E-state index in [1.54, 1.807) is 0 Å². The molecule has 0 amide bonds. The second kappa shape index (κ2) is 17.6. The Morgan fingerprint density at radius 1 is 0.632 bits per heavy atom. The fraction of sp³-hybridized carbons (Fsp3) is 0.151. The number of amidine groups is 1. The number of aliphatic imine (C=N–C) groups is 2. The summed E-state index contributed by atoms with van der Waals surface area (Å²) in [5.41, 5.74) is 28.3. The van der Waals surface area contributed by atoms with Gasteiger partial charge in [0.2, 0.25) is 0 Å². The summed E-state index contributed by atoms with van der Waals surface area (Å²) >= 11 is 0. The summed E-state index contributed by atoms with van der Waals surface area (Å²) in [4.78, 5) is 10.9. The normalized spacial score (nSPS) is 17.1. The Morgan fingerprint density at radius 2 is 1.29 bits per heavy atom. The van der Waals surface area contributed by atoms with Gasteiger partial charge >= 0.3 is 0 Å². The smallest absolute Gasteiger partial charge is 0.162 e. The van der Waals surface area contributed by atoms with Gasteiger partial charge in [0, 0.05) is 38.6 Å². The van der Waals surface area contributed by atoms with E-state index in [0.717, 1.165) is 68.2 Å². The van der Waals surface area contributed by atoms with E-state index < -0.39 is 5.41 Å². The van der Waals surface area contributed by atoms with Crippen LogP contribution < -0.4 is 0 Å². The zero-order valence-electron chi connectivity index (χ0n) is 44.4. The highest BCUT2D eigenvalue weighted by atomic mass is 15.1. The van der Waals surface area contributed by atoms with Crippen molar-refractivity contribution in [3.05, 3.63) is 267 Å². The number of terminal acetylenes is 1. The van der Waals surface area contributed by atoms with E-state index in [1.807, 2.05) is 50.3 Å². The Bertz CT molecular complexity index is 4260. The number of aromatic nitrogens is 1. The third kappa shape index (κ3) is 6.56. The van der Waals surface area contributed by atoms with Gasteiger partial charge in [-0.1, -0.05) is 202 Å². The summed E-state index contributed by atoms with van der Waals surface area (Å²) in [7, 11) is 0. The topological polar surface area (TPSA) is 29.6 Å². The van der Waals surface area contributed by atoms with Gasteiger partial charge in [-0.2, -0.15) is 0 Å². The van der Waals surface area contributed by atoms with Crippen LogP contribution in [-0.4, -0.2) is 16.1 Å². The molecule has 1 unspecified atom stereocenters. The van der Waals surface area contributed by atoms with Gasteiger partial charge in [0.25, 0.3) is 0 Å². The number of hydrogen-bond donors (Lipinski definition) is 0. The molecule has 3 heteroatoms. The highest BCUT2D eigenvalue weighted by molar-refractivity contribution is 6.17. The summed E-state index contributed by atoms with van der Waals surface area (Å²) in [6, 6.07) is 57.9. The number of hydrogen-bond acceptors (Lipinski definition) is 1. The molecule has 3 nitrogen and oxygen atoms in total. The second-order valence-corrected chi connectivity index (χ2v) is 21.5. The van der Waals surface area contributed by atoms with Crippen molar-refractivity contribution in [2.45, 2.75) is 72.1 Å². The van der Waals surface area contributed by atoms with E-state index in [2.05, 4.69) is 197 Å². The fourth-order valence-electron chi connectivity index (χ4n) is 14.1. The van der Waals surface area contributed by atoms with Crippen molar-refractivity contribution >= 4 is 50.3 Å². The van der Waals surface area contributed by atoms with Crippen LogP contribution in [0.3, 0.4) is 0 Å². The molecular formula is C73H59N3. The lowest BCUT2D eigenvalue weighted by molar-refractivity contribution is 0.659. The molecule has 0 saturated carbocycles. The molecule has 76 heavy (non-hydrogen) atoms. The lowest BCUT2D eigenvalue weighted by atomic mass is 9.69. The molecule has 0 N–H and O–H groups in total. The molecule has 0 saturated heterocycles. The highest BCUT2D eigenvalue weighted by Gasteiger charge is 2.54. The average molecular weight is 978 g/mol. The van der Waals surface area contributed by atoms with Crippen LogP contribution in [0.4, 0.5) is 0 Å². The van der Waals surface area contributed by atoms with E-state index in [-0.39, 0.29) is 5.41 Å². The minimum absolute atomic E-state index is 0.337. The molecule has 0 fully saturated rings. The molecule has 366 valence electrons. The minimum Gasteiger partial charge on any atom is -0.294 e. The van der Waals surface area contributed by atoms with Crippen LogP contribution in [0.2, 0.25) is 0 Å². The predicted molar refractivity (Wildman–Crippen MR) is 322 cm³/mol. The van der Waals surface area contributed by atoms with Gasteiger partial charge in [0.1, 0.15) is 5.82 Å². The first-order valence-corrected chi connectivity index (χ1v) is 26.8. The highest BCUT2D eigenvalue weighted by Crippen LogP contribution is 2.65. The number of allylic oxidation sites excluding steroid dienone is 8. The molecule has 0 radical (unpaired) electrons. The van der Waals surface area contributed by atoms with Gasteiger partial charge in [-0.25, -0.2) is 9.98 Å². The summed E-state index contributed by atoms with van der Waals surface area (Å²) in [5.74, 6) is 4.09. The zero-order valence-corrected chi connectivity index (χ0v) is 44.4. The summed E-state index contributed by atoms with van der Waals surface area (Å²) in [5, 5.41) is 2.31. The van der Waals surface area contributed by atoms with E-state index in [4.69, 9.17) is 23.0 Å². The first kappa shape index (κ1) is 46.9. The van der Waals surface area contributed by atoms with Gasteiger partial charge < -0.3 is 0 Å². The zero-order chi connectivity index (χ0) is 52.2. The molecule has 1 spiro atoms. The van der Waals surface area contributed by atoms with Gasteiger partial charge in [0.05, 0.1) is 16.4 Å². The number of nitrogens with zero attached hydrogens (tertiary/aromatic N) is 3.